The number of benzene rings is 1. The maximum absolute atomic E-state index is 14.2. The van der Waals surface area contributed by atoms with Gasteiger partial charge in [-0.25, -0.2) is 14.6 Å². The average Bonchev–Trinajstić information content (AvgIpc) is 3.88. The lowest BCUT2D eigenvalue weighted by molar-refractivity contribution is -0.162. The molecular formula is C40H51ClN4O10S2. The molecule has 0 unspecified atom stereocenters. The minimum Gasteiger partial charge on any atom is -0.495 e. The van der Waals surface area contributed by atoms with E-state index in [-0.39, 0.29) is 30.2 Å². The number of methoxy groups -OCH3 is 2. The normalized spacial score (nSPS) is 29.8. The number of esters is 1. The van der Waals surface area contributed by atoms with Crippen LogP contribution in [0.5, 0.6) is 5.75 Å². The van der Waals surface area contributed by atoms with Crippen LogP contribution in [0.2, 0.25) is 5.02 Å². The van der Waals surface area contributed by atoms with Crippen molar-refractivity contribution in [3.05, 3.63) is 70.9 Å². The summed E-state index contributed by atoms with van der Waals surface area (Å²) in [6, 6.07) is 8.19. The number of aromatic nitrogens is 1. The SMILES string of the molecule is COc1cc2cc(c1Cl)N(C)C(=O)C[C@H](OC(=O)[C@@H](C)N(C)C(=O)CCSSc1ccccn1)[C@@]1(C)O[C@H]1[C@H](C)[C@@H]1C[C@@](O)(NC(=O)O1)[C@H](OC)/C=C/C=C(\C)C2. The fourth-order valence-electron chi connectivity index (χ4n) is 7.02. The number of pyridine rings is 1. The van der Waals surface area contributed by atoms with Gasteiger partial charge in [0.25, 0.3) is 0 Å². The maximum Gasteiger partial charge on any atom is 0.409 e. The lowest BCUT2D eigenvalue weighted by Gasteiger charge is -2.42. The van der Waals surface area contributed by atoms with E-state index in [4.69, 9.17) is 35.3 Å². The Morgan fingerprint density at radius 2 is 2.00 bits per heavy atom. The minimum atomic E-state index is -1.83. The van der Waals surface area contributed by atoms with Crippen LogP contribution in [-0.2, 0) is 39.8 Å². The zero-order chi connectivity index (χ0) is 41.7. The number of rotatable bonds is 10. The summed E-state index contributed by atoms with van der Waals surface area (Å²) in [5.41, 5.74) is -0.941. The van der Waals surface area contributed by atoms with Crippen molar-refractivity contribution in [1.82, 2.24) is 15.2 Å². The number of likely N-dealkylation sites (N-methyl/N-ethyl adjacent to an activating group) is 1. The van der Waals surface area contributed by atoms with Gasteiger partial charge < -0.3 is 38.6 Å². The van der Waals surface area contributed by atoms with Crippen LogP contribution < -0.4 is 15.0 Å². The number of hydrogen-bond donors (Lipinski definition) is 2. The van der Waals surface area contributed by atoms with Gasteiger partial charge in [0.05, 0.1) is 25.3 Å². The average molecular weight is 847 g/mol. The molecule has 2 fully saturated rings. The molecule has 0 radical (unpaired) electrons. The Kier molecular flexibility index (Phi) is 14.7. The van der Waals surface area contributed by atoms with Crippen molar-refractivity contribution in [2.24, 2.45) is 5.92 Å². The van der Waals surface area contributed by atoms with E-state index in [1.807, 2.05) is 31.2 Å². The number of anilines is 1. The number of alkyl carbamates (subject to hydrolysis) is 1. The molecule has 2 aromatic rings. The number of allylic oxidation sites excluding steroid dienone is 3. The largest absolute Gasteiger partial charge is 0.495 e. The number of carbonyl (C=O) groups is 4. The molecule has 14 nitrogen and oxygen atoms in total. The first-order chi connectivity index (χ1) is 27.0. The van der Waals surface area contributed by atoms with Crippen LogP contribution in [0.1, 0.15) is 52.5 Å². The highest BCUT2D eigenvalue weighted by molar-refractivity contribution is 8.76. The van der Waals surface area contributed by atoms with E-state index in [2.05, 4.69) is 10.3 Å². The predicted molar refractivity (Wildman–Crippen MR) is 218 cm³/mol. The number of hydrogen-bond acceptors (Lipinski definition) is 13. The zero-order valence-electron chi connectivity index (χ0n) is 33.4. The molecule has 3 aliphatic rings. The summed E-state index contributed by atoms with van der Waals surface area (Å²) in [5.74, 6) is -1.11. The van der Waals surface area contributed by atoms with Crippen molar-refractivity contribution in [3.8, 4) is 5.75 Å². The topological polar surface area (TPSA) is 169 Å². The molecule has 4 bridgehead atoms. The highest BCUT2D eigenvalue weighted by Gasteiger charge is 2.64. The Morgan fingerprint density at radius 1 is 1.25 bits per heavy atom. The molecule has 0 saturated carbocycles. The van der Waals surface area contributed by atoms with E-state index in [9.17, 15) is 24.3 Å². The van der Waals surface area contributed by atoms with Gasteiger partial charge in [-0.1, -0.05) is 59.2 Å². The van der Waals surface area contributed by atoms with Crippen molar-refractivity contribution in [3.63, 3.8) is 0 Å². The Hall–Kier alpha value is -3.80. The Balaban J connectivity index is 1.43. The lowest BCUT2D eigenvalue weighted by atomic mass is 9.83. The van der Waals surface area contributed by atoms with Crippen LogP contribution >= 0.6 is 33.2 Å². The van der Waals surface area contributed by atoms with E-state index in [0.29, 0.717) is 23.6 Å². The molecule has 5 rings (SSSR count). The zero-order valence-corrected chi connectivity index (χ0v) is 35.7. The van der Waals surface area contributed by atoms with Gasteiger partial charge in [0.2, 0.25) is 11.8 Å². The number of fused-ring (bicyclic) bond motifs is 5. The number of aliphatic hydroxyl groups is 1. The van der Waals surface area contributed by atoms with E-state index >= 15 is 0 Å². The van der Waals surface area contributed by atoms with Gasteiger partial charge in [-0.2, -0.15) is 0 Å². The van der Waals surface area contributed by atoms with E-state index < -0.39 is 65.7 Å². The molecule has 4 heterocycles. The molecule has 1 aromatic heterocycles. The van der Waals surface area contributed by atoms with E-state index in [1.54, 1.807) is 58.3 Å². The van der Waals surface area contributed by atoms with Crippen LogP contribution in [0.25, 0.3) is 0 Å². The Morgan fingerprint density at radius 3 is 2.68 bits per heavy atom. The van der Waals surface area contributed by atoms with Crippen molar-refractivity contribution < 1.29 is 48.0 Å². The Bertz CT molecular complexity index is 1870. The van der Waals surface area contributed by atoms with Crippen molar-refractivity contribution in [1.29, 1.82) is 0 Å². The molecule has 17 heteroatoms. The second kappa shape index (κ2) is 18.9. The third-order valence-corrected chi connectivity index (χ3v) is 13.4. The summed E-state index contributed by atoms with van der Waals surface area (Å²) in [5, 5.41) is 15.3. The smallest absolute Gasteiger partial charge is 0.409 e. The first-order valence-corrected chi connectivity index (χ1v) is 21.3. The molecule has 8 atom stereocenters. The standard InChI is InChI=1S/C40H51ClN4O10S2/c1-23-12-11-13-30(52-8)40(50)22-29(53-38(49)43-40)24(2)36-39(4,55-36)31(21-34(47)45(6)27-19-26(18-23)20-28(51-7)35(27)41)54-37(48)25(3)44(5)33(46)15-17-56-57-32-14-9-10-16-42-32/h9-14,16,19-20,24-25,29-31,36,50H,15,17-18,21-22H2,1-8H3,(H,43,49)/b13-11+,23-12+/t24-,25-,29+,30-,31+,36+,39-,40+/m1/s1. The first kappa shape index (κ1) is 44.3. The predicted octanol–water partition coefficient (Wildman–Crippen LogP) is 5.74. The molecule has 2 N–H and O–H groups in total. The minimum absolute atomic E-state index is 0.0553. The number of nitrogens with zero attached hydrogens (tertiary/aromatic N) is 3. The van der Waals surface area contributed by atoms with Gasteiger partial charge in [0.15, 0.2) is 5.72 Å². The van der Waals surface area contributed by atoms with Crippen LogP contribution in [0, 0.1) is 5.92 Å². The number of halogens is 1. The second-order valence-corrected chi connectivity index (χ2v) is 17.5. The molecular weight excluding hydrogens is 796 g/mol. The van der Waals surface area contributed by atoms with Gasteiger partial charge >= 0.3 is 12.1 Å². The summed E-state index contributed by atoms with van der Waals surface area (Å²) in [4.78, 5) is 61.1. The van der Waals surface area contributed by atoms with E-state index in [1.165, 1.54) is 52.7 Å². The van der Waals surface area contributed by atoms with Crippen molar-refractivity contribution in [2.45, 2.75) is 100 Å². The molecule has 3 amide bonds. The molecule has 2 saturated heterocycles. The third-order valence-electron chi connectivity index (χ3n) is 10.7. The van der Waals surface area contributed by atoms with Crippen LogP contribution in [0.3, 0.4) is 0 Å². The molecule has 310 valence electrons. The fourth-order valence-corrected chi connectivity index (χ4v) is 9.19. The number of amides is 3. The van der Waals surface area contributed by atoms with Gasteiger partial charge in [0.1, 0.15) is 45.8 Å². The summed E-state index contributed by atoms with van der Waals surface area (Å²) >= 11 is 6.78. The number of epoxide rings is 1. The van der Waals surface area contributed by atoms with Crippen molar-refractivity contribution >= 4 is 62.8 Å². The van der Waals surface area contributed by atoms with Crippen LogP contribution in [0.4, 0.5) is 10.5 Å². The lowest BCUT2D eigenvalue weighted by Crippen LogP contribution is -2.63. The summed E-state index contributed by atoms with van der Waals surface area (Å²) in [6.45, 7) is 7.01. The molecule has 0 aliphatic carbocycles. The highest BCUT2D eigenvalue weighted by Crippen LogP contribution is 2.49. The van der Waals surface area contributed by atoms with Gasteiger partial charge in [-0.15, -0.1) is 0 Å². The monoisotopic (exact) mass is 846 g/mol. The second-order valence-electron chi connectivity index (χ2n) is 14.7. The molecule has 1 aromatic carbocycles. The Labute approximate surface area is 346 Å². The highest BCUT2D eigenvalue weighted by atomic mass is 35.5. The summed E-state index contributed by atoms with van der Waals surface area (Å²) in [7, 11) is 8.97. The number of nitrogens with one attached hydrogen (secondary N) is 1. The molecule has 3 aliphatic heterocycles. The van der Waals surface area contributed by atoms with Gasteiger partial charge in [-0.05, 0) is 67.8 Å². The third kappa shape index (κ3) is 10.4. The number of ether oxygens (including phenoxy) is 5. The maximum atomic E-state index is 14.2. The van der Waals surface area contributed by atoms with Crippen molar-refractivity contribution in [2.75, 3.05) is 39.0 Å². The first-order valence-electron chi connectivity index (χ1n) is 18.6. The van der Waals surface area contributed by atoms with Gasteiger partial charge in [-0.3, -0.25) is 14.9 Å². The van der Waals surface area contributed by atoms with Crippen LogP contribution in [0.15, 0.2) is 65.4 Å². The number of carbonyl (C=O) groups excluding carboxylic acids is 4. The quantitative estimate of drug-likeness (QED) is 0.129. The fraction of sp³-hybridized carbons (Fsp3) is 0.525. The van der Waals surface area contributed by atoms with Gasteiger partial charge in [0, 0.05) is 51.9 Å². The molecule has 0 spiro atoms. The van der Waals surface area contributed by atoms with Crippen LogP contribution in [-0.4, -0.2) is 115 Å². The summed E-state index contributed by atoms with van der Waals surface area (Å²) in [6.07, 6.45) is 2.76. The van der Waals surface area contributed by atoms with E-state index in [0.717, 1.165) is 16.2 Å². The molecule has 57 heavy (non-hydrogen) atoms. The summed E-state index contributed by atoms with van der Waals surface area (Å²) < 4.78 is 29.3.